The molecule has 1 N–H and O–H groups in total. The monoisotopic (exact) mass is 258 g/mol. The first-order valence-corrected chi connectivity index (χ1v) is 7.53. The summed E-state index contributed by atoms with van der Waals surface area (Å²) in [6.07, 6.45) is 1.40. The van der Waals surface area contributed by atoms with Crippen LogP contribution in [-0.2, 0) is 5.54 Å². The Morgan fingerprint density at radius 2 is 1.89 bits per heavy atom. The minimum absolute atomic E-state index is 0.110. The molecule has 2 heteroatoms. The number of benzene rings is 1. The van der Waals surface area contributed by atoms with Crippen LogP contribution in [0.15, 0.2) is 30.3 Å². The lowest BCUT2D eigenvalue weighted by atomic mass is 9.89. The molecule has 1 heterocycles. The van der Waals surface area contributed by atoms with Crippen LogP contribution in [-0.4, -0.2) is 31.1 Å². The third-order valence-electron chi connectivity index (χ3n) is 5.09. The van der Waals surface area contributed by atoms with Crippen molar-refractivity contribution in [2.75, 3.05) is 26.2 Å². The Balaban J connectivity index is 1.68. The summed E-state index contributed by atoms with van der Waals surface area (Å²) in [5.74, 6) is 0.908. The van der Waals surface area contributed by atoms with Crippen molar-refractivity contribution in [1.29, 1.82) is 0 Å². The molecule has 0 spiro atoms. The van der Waals surface area contributed by atoms with Crippen LogP contribution in [0.25, 0.3) is 0 Å². The molecule has 1 saturated carbocycles. The lowest BCUT2D eigenvalue weighted by Gasteiger charge is -2.42. The van der Waals surface area contributed by atoms with Crippen molar-refractivity contribution in [1.82, 2.24) is 10.2 Å². The van der Waals surface area contributed by atoms with Gasteiger partial charge in [0.2, 0.25) is 0 Å². The molecule has 1 aromatic carbocycles. The highest BCUT2D eigenvalue weighted by Gasteiger charge is 2.46. The van der Waals surface area contributed by atoms with Gasteiger partial charge in [-0.1, -0.05) is 44.2 Å². The minimum Gasteiger partial charge on any atom is -0.305 e. The van der Waals surface area contributed by atoms with Gasteiger partial charge in [0.25, 0.3) is 0 Å². The first-order chi connectivity index (χ1) is 9.00. The van der Waals surface area contributed by atoms with Gasteiger partial charge in [-0.2, -0.15) is 0 Å². The van der Waals surface area contributed by atoms with Gasteiger partial charge in [-0.25, -0.2) is 0 Å². The second kappa shape index (κ2) is 4.60. The molecule has 1 saturated heterocycles. The normalized spacial score (nSPS) is 34.2. The van der Waals surface area contributed by atoms with Gasteiger partial charge in [0, 0.05) is 26.2 Å². The van der Waals surface area contributed by atoms with E-state index < -0.39 is 0 Å². The predicted octanol–water partition coefficient (Wildman–Crippen LogP) is 2.85. The summed E-state index contributed by atoms with van der Waals surface area (Å²) in [7, 11) is 0. The first kappa shape index (κ1) is 13.1. The molecule has 1 aromatic rings. The van der Waals surface area contributed by atoms with E-state index in [1.54, 1.807) is 0 Å². The van der Waals surface area contributed by atoms with E-state index in [0.29, 0.717) is 5.41 Å². The number of hydrogen-bond donors (Lipinski definition) is 1. The summed E-state index contributed by atoms with van der Waals surface area (Å²) in [6, 6.07) is 10.9. The van der Waals surface area contributed by atoms with Gasteiger partial charge >= 0.3 is 0 Å². The molecular formula is C17H26N2. The fourth-order valence-corrected chi connectivity index (χ4v) is 3.43. The number of nitrogens with one attached hydrogen (secondary N) is 1. The standard InChI is InChI=1S/C17H26N2/c1-16(2)11-15(16)12-19-10-9-18-17(3,13-19)14-7-5-4-6-8-14/h4-8,15,18H,9-13H2,1-3H3. The van der Waals surface area contributed by atoms with E-state index in [0.717, 1.165) is 19.0 Å². The van der Waals surface area contributed by atoms with Crippen LogP contribution in [0.5, 0.6) is 0 Å². The molecule has 19 heavy (non-hydrogen) atoms. The molecule has 2 aliphatic rings. The number of nitrogens with zero attached hydrogens (tertiary/aromatic N) is 1. The van der Waals surface area contributed by atoms with Crippen LogP contribution in [0, 0.1) is 11.3 Å². The smallest absolute Gasteiger partial charge is 0.0535 e. The van der Waals surface area contributed by atoms with Crippen LogP contribution in [0.3, 0.4) is 0 Å². The summed E-state index contributed by atoms with van der Waals surface area (Å²) in [5.41, 5.74) is 2.11. The van der Waals surface area contributed by atoms with Crippen LogP contribution < -0.4 is 5.32 Å². The lowest BCUT2D eigenvalue weighted by Crippen LogP contribution is -2.57. The van der Waals surface area contributed by atoms with Gasteiger partial charge in [-0.3, -0.25) is 4.90 Å². The molecule has 2 unspecified atom stereocenters. The second-order valence-corrected chi connectivity index (χ2v) is 7.25. The van der Waals surface area contributed by atoms with Gasteiger partial charge in [0.05, 0.1) is 5.54 Å². The van der Waals surface area contributed by atoms with Gasteiger partial charge in [0.15, 0.2) is 0 Å². The molecule has 0 radical (unpaired) electrons. The molecule has 1 aliphatic carbocycles. The highest BCUT2D eigenvalue weighted by molar-refractivity contribution is 5.25. The molecule has 2 fully saturated rings. The number of rotatable bonds is 3. The molecule has 3 rings (SSSR count). The Kier molecular flexibility index (Phi) is 3.18. The summed E-state index contributed by atoms with van der Waals surface area (Å²) in [5, 5.41) is 3.71. The third kappa shape index (κ3) is 2.70. The minimum atomic E-state index is 0.110. The van der Waals surface area contributed by atoms with E-state index in [4.69, 9.17) is 0 Å². The Hall–Kier alpha value is -0.860. The summed E-state index contributed by atoms with van der Waals surface area (Å²) in [4.78, 5) is 2.66. The van der Waals surface area contributed by atoms with Crippen molar-refractivity contribution >= 4 is 0 Å². The molecular weight excluding hydrogens is 232 g/mol. The molecule has 2 nitrogen and oxygen atoms in total. The molecule has 104 valence electrons. The maximum absolute atomic E-state index is 3.71. The van der Waals surface area contributed by atoms with E-state index in [1.165, 1.54) is 25.1 Å². The van der Waals surface area contributed by atoms with Crippen LogP contribution >= 0.6 is 0 Å². The Labute approximate surface area is 117 Å². The summed E-state index contributed by atoms with van der Waals surface area (Å²) in [6.45, 7) is 11.8. The molecule has 0 bridgehead atoms. The van der Waals surface area contributed by atoms with Crippen LogP contribution in [0.2, 0.25) is 0 Å². The van der Waals surface area contributed by atoms with Crippen molar-refractivity contribution in [3.63, 3.8) is 0 Å². The quantitative estimate of drug-likeness (QED) is 0.897. The summed E-state index contributed by atoms with van der Waals surface area (Å²) < 4.78 is 0. The third-order valence-corrected chi connectivity index (χ3v) is 5.09. The topological polar surface area (TPSA) is 15.3 Å². The largest absolute Gasteiger partial charge is 0.305 e. The molecule has 0 amide bonds. The van der Waals surface area contributed by atoms with Crippen molar-refractivity contribution in [2.24, 2.45) is 11.3 Å². The molecule has 2 atom stereocenters. The Morgan fingerprint density at radius 1 is 1.21 bits per heavy atom. The fourth-order valence-electron chi connectivity index (χ4n) is 3.43. The second-order valence-electron chi connectivity index (χ2n) is 7.25. The van der Waals surface area contributed by atoms with Gasteiger partial charge < -0.3 is 5.32 Å². The average Bonchev–Trinajstić information content (AvgIpc) is 2.97. The van der Waals surface area contributed by atoms with Crippen LogP contribution in [0.1, 0.15) is 32.8 Å². The zero-order valence-electron chi connectivity index (χ0n) is 12.4. The van der Waals surface area contributed by atoms with Crippen molar-refractivity contribution < 1.29 is 0 Å². The average molecular weight is 258 g/mol. The maximum Gasteiger partial charge on any atom is 0.0535 e. The van der Waals surface area contributed by atoms with Crippen molar-refractivity contribution in [3.8, 4) is 0 Å². The number of piperazine rings is 1. The van der Waals surface area contributed by atoms with Gasteiger partial charge in [0.1, 0.15) is 0 Å². The molecule has 1 aliphatic heterocycles. The highest BCUT2D eigenvalue weighted by atomic mass is 15.2. The van der Waals surface area contributed by atoms with E-state index in [2.05, 4.69) is 61.3 Å². The van der Waals surface area contributed by atoms with Crippen molar-refractivity contribution in [2.45, 2.75) is 32.7 Å². The van der Waals surface area contributed by atoms with E-state index in [9.17, 15) is 0 Å². The molecule has 0 aromatic heterocycles. The number of hydrogen-bond acceptors (Lipinski definition) is 2. The van der Waals surface area contributed by atoms with E-state index >= 15 is 0 Å². The zero-order chi connectivity index (χ0) is 13.5. The van der Waals surface area contributed by atoms with E-state index in [-0.39, 0.29) is 5.54 Å². The Bertz CT molecular complexity index is 440. The maximum atomic E-state index is 3.71. The van der Waals surface area contributed by atoms with E-state index in [1.807, 2.05) is 0 Å². The van der Waals surface area contributed by atoms with Crippen LogP contribution in [0.4, 0.5) is 0 Å². The summed E-state index contributed by atoms with van der Waals surface area (Å²) >= 11 is 0. The Morgan fingerprint density at radius 3 is 2.53 bits per heavy atom. The first-order valence-electron chi connectivity index (χ1n) is 7.53. The van der Waals surface area contributed by atoms with Crippen molar-refractivity contribution in [3.05, 3.63) is 35.9 Å². The van der Waals surface area contributed by atoms with Gasteiger partial charge in [-0.05, 0) is 30.2 Å². The lowest BCUT2D eigenvalue weighted by molar-refractivity contribution is 0.133. The highest BCUT2D eigenvalue weighted by Crippen LogP contribution is 2.52. The van der Waals surface area contributed by atoms with Gasteiger partial charge in [-0.15, -0.1) is 0 Å². The zero-order valence-corrected chi connectivity index (χ0v) is 12.4. The fraction of sp³-hybridized carbons (Fsp3) is 0.647. The predicted molar refractivity (Wildman–Crippen MR) is 80.1 cm³/mol. The SMILES string of the molecule is CC1(c2ccccc2)CN(CC2CC2(C)C)CCN1.